The normalized spacial score (nSPS) is 12.3. The van der Waals surface area contributed by atoms with E-state index in [-0.39, 0.29) is 17.2 Å². The molecule has 1 unspecified atom stereocenters. The van der Waals surface area contributed by atoms with Crippen molar-refractivity contribution < 1.29 is 22.7 Å². The number of esters is 1. The summed E-state index contributed by atoms with van der Waals surface area (Å²) >= 11 is 12.3. The van der Waals surface area contributed by atoms with Crippen molar-refractivity contribution in [2.24, 2.45) is 0 Å². The van der Waals surface area contributed by atoms with E-state index < -0.39 is 28.3 Å². The maximum absolute atomic E-state index is 12.2. The molecule has 31 heavy (non-hydrogen) atoms. The summed E-state index contributed by atoms with van der Waals surface area (Å²) in [7, 11) is -3.23. The van der Waals surface area contributed by atoms with Gasteiger partial charge in [-0.1, -0.05) is 54.7 Å². The maximum Gasteiger partial charge on any atom is 0.338 e. The molecule has 2 aromatic rings. The molecule has 0 saturated heterocycles. The summed E-state index contributed by atoms with van der Waals surface area (Å²) in [5, 5.41) is 3.85. The Kier molecular flexibility index (Phi) is 9.34. The average Bonchev–Trinajstić information content (AvgIpc) is 2.68. The van der Waals surface area contributed by atoms with Crippen LogP contribution in [0.1, 0.15) is 47.2 Å². The second-order valence-electron chi connectivity index (χ2n) is 7.30. The average molecular weight is 486 g/mol. The summed E-state index contributed by atoms with van der Waals surface area (Å²) in [6, 6.07) is 11.4. The molecule has 2 rings (SSSR count). The molecule has 0 aromatic heterocycles. The van der Waals surface area contributed by atoms with E-state index in [0.29, 0.717) is 22.2 Å². The smallest absolute Gasteiger partial charge is 0.338 e. The molecule has 168 valence electrons. The SMILES string of the molecule is CCCC(CNC(=O)COC(=O)c1cccc(CS(C)(=O)=O)c1)c1ccc(Cl)cc1Cl. The Morgan fingerprint density at radius 3 is 2.52 bits per heavy atom. The molecule has 0 saturated carbocycles. The Labute approximate surface area is 192 Å². The molecule has 0 bridgehead atoms. The van der Waals surface area contributed by atoms with Crippen molar-refractivity contribution in [3.8, 4) is 0 Å². The molecule has 0 aliphatic heterocycles. The fraction of sp³-hybridized carbons (Fsp3) is 0.364. The van der Waals surface area contributed by atoms with Gasteiger partial charge < -0.3 is 10.1 Å². The molecule has 0 aliphatic carbocycles. The molecular weight excluding hydrogens is 461 g/mol. The zero-order valence-corrected chi connectivity index (χ0v) is 19.7. The topological polar surface area (TPSA) is 89.5 Å². The lowest BCUT2D eigenvalue weighted by Gasteiger charge is -2.19. The Bertz CT molecular complexity index is 1040. The molecule has 0 aliphatic rings. The second kappa shape index (κ2) is 11.5. The van der Waals surface area contributed by atoms with Crippen molar-refractivity contribution in [2.75, 3.05) is 19.4 Å². The highest BCUT2D eigenvalue weighted by molar-refractivity contribution is 7.89. The van der Waals surface area contributed by atoms with Crippen LogP contribution in [0.5, 0.6) is 0 Å². The first-order valence-electron chi connectivity index (χ1n) is 9.74. The molecule has 9 heteroatoms. The summed E-state index contributed by atoms with van der Waals surface area (Å²) in [4.78, 5) is 24.4. The molecule has 6 nitrogen and oxygen atoms in total. The van der Waals surface area contributed by atoms with Crippen molar-refractivity contribution in [1.82, 2.24) is 5.32 Å². The monoisotopic (exact) mass is 485 g/mol. The summed E-state index contributed by atoms with van der Waals surface area (Å²) in [6.07, 6.45) is 2.83. The number of carbonyl (C=O) groups is 2. The van der Waals surface area contributed by atoms with E-state index >= 15 is 0 Å². The molecule has 1 amide bonds. The number of benzene rings is 2. The number of ether oxygens (including phenoxy) is 1. The summed E-state index contributed by atoms with van der Waals surface area (Å²) in [5.41, 5.74) is 1.56. The third-order valence-electron chi connectivity index (χ3n) is 4.51. The van der Waals surface area contributed by atoms with Gasteiger partial charge in [0.1, 0.15) is 0 Å². The number of hydrogen-bond acceptors (Lipinski definition) is 5. The standard InChI is InChI=1S/C22H25Cl2NO5S/c1-3-5-17(19-9-8-18(23)11-20(19)24)12-25-21(26)13-30-22(27)16-7-4-6-15(10-16)14-31(2,28)29/h4,6-11,17H,3,5,12-14H2,1-2H3,(H,25,26). The first-order valence-corrected chi connectivity index (χ1v) is 12.6. The third-order valence-corrected chi connectivity index (χ3v) is 5.93. The van der Waals surface area contributed by atoms with Crippen LogP contribution in [0.2, 0.25) is 10.0 Å². The van der Waals surface area contributed by atoms with E-state index in [1.807, 2.05) is 13.0 Å². The lowest BCUT2D eigenvalue weighted by atomic mass is 9.94. The zero-order chi connectivity index (χ0) is 23.0. The molecule has 0 radical (unpaired) electrons. The van der Waals surface area contributed by atoms with E-state index in [1.165, 1.54) is 12.1 Å². The van der Waals surface area contributed by atoms with Crippen LogP contribution in [0.3, 0.4) is 0 Å². The van der Waals surface area contributed by atoms with Crippen molar-refractivity contribution in [2.45, 2.75) is 31.4 Å². The van der Waals surface area contributed by atoms with E-state index in [1.54, 1.807) is 24.3 Å². The number of carbonyl (C=O) groups excluding carboxylic acids is 2. The van der Waals surface area contributed by atoms with Gasteiger partial charge in [0.05, 0.1) is 11.3 Å². The highest BCUT2D eigenvalue weighted by atomic mass is 35.5. The molecule has 2 aromatic carbocycles. The lowest BCUT2D eigenvalue weighted by molar-refractivity contribution is -0.124. The Morgan fingerprint density at radius 1 is 1.13 bits per heavy atom. The van der Waals surface area contributed by atoms with Crippen LogP contribution in [-0.4, -0.2) is 39.7 Å². The quantitative estimate of drug-likeness (QED) is 0.503. The number of amides is 1. The first-order chi connectivity index (χ1) is 14.6. The Hall–Kier alpha value is -2.09. The van der Waals surface area contributed by atoms with Crippen LogP contribution < -0.4 is 5.32 Å². The minimum Gasteiger partial charge on any atom is -0.452 e. The number of nitrogens with one attached hydrogen (secondary N) is 1. The number of sulfone groups is 1. The Morgan fingerprint density at radius 2 is 1.87 bits per heavy atom. The second-order valence-corrected chi connectivity index (χ2v) is 10.3. The van der Waals surface area contributed by atoms with Crippen molar-refractivity contribution in [1.29, 1.82) is 0 Å². The van der Waals surface area contributed by atoms with E-state index in [0.717, 1.165) is 24.7 Å². The number of rotatable bonds is 10. The lowest BCUT2D eigenvalue weighted by Crippen LogP contribution is -2.32. The van der Waals surface area contributed by atoms with Gasteiger partial charge >= 0.3 is 5.97 Å². The summed E-state index contributed by atoms with van der Waals surface area (Å²) in [6.45, 7) is 1.94. The molecule has 1 atom stereocenters. The first kappa shape index (κ1) is 25.2. The predicted octanol–water partition coefficient (Wildman–Crippen LogP) is 4.39. The molecule has 1 N–H and O–H groups in total. The highest BCUT2D eigenvalue weighted by Gasteiger charge is 2.17. The maximum atomic E-state index is 12.2. The number of hydrogen-bond donors (Lipinski definition) is 1. The van der Waals surface area contributed by atoms with Gasteiger partial charge in [-0.3, -0.25) is 4.79 Å². The van der Waals surface area contributed by atoms with Crippen molar-refractivity contribution >= 4 is 44.9 Å². The predicted molar refractivity (Wildman–Crippen MR) is 122 cm³/mol. The molecule has 0 heterocycles. The van der Waals surface area contributed by atoms with Crippen LogP contribution in [0.15, 0.2) is 42.5 Å². The summed E-state index contributed by atoms with van der Waals surface area (Å²) in [5.74, 6) is -1.31. The van der Waals surface area contributed by atoms with Gasteiger partial charge in [-0.05, 0) is 41.8 Å². The van der Waals surface area contributed by atoms with Gasteiger partial charge in [-0.15, -0.1) is 0 Å². The summed E-state index contributed by atoms with van der Waals surface area (Å²) < 4.78 is 27.9. The van der Waals surface area contributed by atoms with E-state index in [4.69, 9.17) is 27.9 Å². The third kappa shape index (κ3) is 8.51. The van der Waals surface area contributed by atoms with Crippen LogP contribution in [0, 0.1) is 0 Å². The highest BCUT2D eigenvalue weighted by Crippen LogP contribution is 2.30. The van der Waals surface area contributed by atoms with Crippen LogP contribution in [0.4, 0.5) is 0 Å². The fourth-order valence-electron chi connectivity index (χ4n) is 3.14. The van der Waals surface area contributed by atoms with Gasteiger partial charge in [0.15, 0.2) is 16.4 Å². The Balaban J connectivity index is 1.92. The van der Waals surface area contributed by atoms with E-state index in [2.05, 4.69) is 5.32 Å². The molecule has 0 fully saturated rings. The van der Waals surface area contributed by atoms with Crippen LogP contribution in [0.25, 0.3) is 0 Å². The minimum absolute atomic E-state index is 0.00194. The van der Waals surface area contributed by atoms with E-state index in [9.17, 15) is 18.0 Å². The molecular formula is C22H25Cl2NO5S. The van der Waals surface area contributed by atoms with Gasteiger partial charge in [-0.2, -0.15) is 0 Å². The van der Waals surface area contributed by atoms with Crippen LogP contribution in [-0.2, 0) is 25.1 Å². The van der Waals surface area contributed by atoms with Gasteiger partial charge in [-0.25, -0.2) is 13.2 Å². The van der Waals surface area contributed by atoms with Gasteiger partial charge in [0.2, 0.25) is 0 Å². The fourth-order valence-corrected chi connectivity index (χ4v) is 4.49. The van der Waals surface area contributed by atoms with Gasteiger partial charge in [0, 0.05) is 28.8 Å². The van der Waals surface area contributed by atoms with Gasteiger partial charge in [0.25, 0.3) is 5.91 Å². The largest absolute Gasteiger partial charge is 0.452 e. The minimum atomic E-state index is -3.23. The number of halogens is 2. The molecule has 0 spiro atoms. The van der Waals surface area contributed by atoms with Crippen LogP contribution >= 0.6 is 23.2 Å². The zero-order valence-electron chi connectivity index (χ0n) is 17.4. The van der Waals surface area contributed by atoms with Crippen molar-refractivity contribution in [3.05, 3.63) is 69.2 Å². The van der Waals surface area contributed by atoms with Crippen molar-refractivity contribution in [3.63, 3.8) is 0 Å².